The van der Waals surface area contributed by atoms with Crippen LogP contribution in [0.4, 0.5) is 11.6 Å². The Morgan fingerprint density at radius 2 is 2.00 bits per heavy atom. The minimum Gasteiger partial charge on any atom is -0.382 e. The summed E-state index contributed by atoms with van der Waals surface area (Å²) in [6.07, 6.45) is 3.48. The van der Waals surface area contributed by atoms with E-state index >= 15 is 0 Å². The molecule has 2 fully saturated rings. The van der Waals surface area contributed by atoms with Gasteiger partial charge in [0, 0.05) is 26.2 Å². The molecule has 22 heavy (non-hydrogen) atoms. The van der Waals surface area contributed by atoms with Crippen LogP contribution in [0.5, 0.6) is 0 Å². The molecule has 0 radical (unpaired) electrons. The molecular weight excluding hydrogens is 304 g/mol. The number of carbonyl (C=O) groups is 1. The van der Waals surface area contributed by atoms with Crippen LogP contribution in [0.25, 0.3) is 0 Å². The molecule has 1 aromatic heterocycles. The molecule has 2 N–H and O–H groups in total. The van der Waals surface area contributed by atoms with Gasteiger partial charge in [-0.1, -0.05) is 11.6 Å². The normalized spacial score (nSPS) is 23.1. The molecule has 0 aliphatic carbocycles. The van der Waals surface area contributed by atoms with Gasteiger partial charge in [0.15, 0.2) is 5.82 Å². The fraction of sp³-hybridized carbons (Fsp3) is 0.643. The maximum atomic E-state index is 12.6. The lowest BCUT2D eigenvalue weighted by atomic mass is 10.1. The van der Waals surface area contributed by atoms with Gasteiger partial charge >= 0.3 is 0 Å². The van der Waals surface area contributed by atoms with Gasteiger partial charge in [-0.25, -0.2) is 9.97 Å². The van der Waals surface area contributed by atoms with Crippen LogP contribution >= 0.6 is 11.6 Å². The minimum atomic E-state index is 0.0461. The van der Waals surface area contributed by atoms with Crippen molar-refractivity contribution in [3.63, 3.8) is 0 Å². The topological polar surface area (TPSA) is 78.6 Å². The van der Waals surface area contributed by atoms with Crippen molar-refractivity contribution in [3.05, 3.63) is 11.3 Å². The van der Waals surface area contributed by atoms with Crippen molar-refractivity contribution in [2.24, 2.45) is 0 Å². The Balaban J connectivity index is 1.63. The number of piperazine rings is 1. The zero-order valence-corrected chi connectivity index (χ0v) is 13.5. The second-order valence-corrected chi connectivity index (χ2v) is 6.23. The lowest BCUT2D eigenvalue weighted by Crippen LogP contribution is -2.53. The Hall–Kier alpha value is -1.60. The Kier molecular flexibility index (Phi) is 4.35. The van der Waals surface area contributed by atoms with Crippen molar-refractivity contribution in [2.75, 3.05) is 50.4 Å². The fourth-order valence-corrected chi connectivity index (χ4v) is 3.38. The summed E-state index contributed by atoms with van der Waals surface area (Å²) in [5.41, 5.74) is 5.72. The number of amides is 1. The summed E-state index contributed by atoms with van der Waals surface area (Å²) in [5, 5.41) is 0.387. The average Bonchev–Trinajstić information content (AvgIpc) is 2.96. The van der Waals surface area contributed by atoms with Gasteiger partial charge in [0.1, 0.15) is 17.2 Å². The first kappa shape index (κ1) is 15.3. The molecule has 2 aliphatic rings. The SMILES string of the molecule is CN1CCC[C@H]1C(=O)N1CCN(c2ncnc(N)c2Cl)CC1. The number of carbonyl (C=O) groups excluding carboxylic acids is 1. The van der Waals surface area contributed by atoms with Gasteiger partial charge in [0.05, 0.1) is 6.04 Å². The summed E-state index contributed by atoms with van der Waals surface area (Å²) in [6.45, 7) is 3.79. The Morgan fingerprint density at radius 1 is 1.27 bits per heavy atom. The van der Waals surface area contributed by atoms with E-state index in [0.29, 0.717) is 37.0 Å². The van der Waals surface area contributed by atoms with Gasteiger partial charge in [-0.05, 0) is 26.4 Å². The highest BCUT2D eigenvalue weighted by Crippen LogP contribution is 2.28. The van der Waals surface area contributed by atoms with Gasteiger partial charge in [0.25, 0.3) is 0 Å². The van der Waals surface area contributed by atoms with Crippen molar-refractivity contribution in [3.8, 4) is 0 Å². The lowest BCUT2D eigenvalue weighted by molar-refractivity contribution is -0.135. The largest absolute Gasteiger partial charge is 0.382 e. The zero-order valence-electron chi connectivity index (χ0n) is 12.7. The van der Waals surface area contributed by atoms with E-state index in [1.165, 1.54) is 6.33 Å². The van der Waals surface area contributed by atoms with Crippen LogP contribution in [-0.4, -0.2) is 71.5 Å². The van der Waals surface area contributed by atoms with E-state index in [2.05, 4.69) is 19.8 Å². The number of anilines is 2. The third kappa shape index (κ3) is 2.83. The quantitative estimate of drug-likeness (QED) is 0.851. The second-order valence-electron chi connectivity index (χ2n) is 5.85. The average molecular weight is 325 g/mol. The van der Waals surface area contributed by atoms with E-state index in [9.17, 15) is 4.79 Å². The molecule has 1 amide bonds. The monoisotopic (exact) mass is 324 g/mol. The molecule has 8 heteroatoms. The van der Waals surface area contributed by atoms with Crippen molar-refractivity contribution < 1.29 is 4.79 Å². The molecule has 1 aromatic rings. The molecule has 1 atom stereocenters. The third-order valence-electron chi connectivity index (χ3n) is 4.49. The van der Waals surface area contributed by atoms with Gasteiger partial charge in [-0.2, -0.15) is 0 Å². The number of likely N-dealkylation sites (tertiary alicyclic amines) is 1. The zero-order chi connectivity index (χ0) is 15.7. The van der Waals surface area contributed by atoms with Gasteiger partial charge in [0.2, 0.25) is 5.91 Å². The molecule has 3 rings (SSSR count). The van der Waals surface area contributed by atoms with E-state index in [-0.39, 0.29) is 17.8 Å². The van der Waals surface area contributed by atoms with Crippen molar-refractivity contribution in [1.82, 2.24) is 19.8 Å². The molecule has 2 aliphatic heterocycles. The summed E-state index contributed by atoms with van der Waals surface area (Å²) < 4.78 is 0. The van der Waals surface area contributed by atoms with Crippen molar-refractivity contribution in [2.45, 2.75) is 18.9 Å². The van der Waals surface area contributed by atoms with Crippen LogP contribution in [-0.2, 0) is 4.79 Å². The summed E-state index contributed by atoms with van der Waals surface area (Å²) in [6, 6.07) is 0.0461. The predicted octanol–water partition coefficient (Wildman–Crippen LogP) is 0.455. The van der Waals surface area contributed by atoms with Crippen molar-refractivity contribution in [1.29, 1.82) is 0 Å². The highest BCUT2D eigenvalue weighted by atomic mass is 35.5. The molecular formula is C14H21ClN6O. The minimum absolute atomic E-state index is 0.0461. The van der Waals surface area contributed by atoms with E-state index in [4.69, 9.17) is 17.3 Å². The molecule has 0 spiro atoms. The van der Waals surface area contributed by atoms with Crippen molar-refractivity contribution >= 4 is 29.1 Å². The number of nitrogens with zero attached hydrogens (tertiary/aromatic N) is 5. The number of halogens is 1. The number of hydrogen-bond acceptors (Lipinski definition) is 6. The van der Waals surface area contributed by atoms with Crippen LogP contribution in [0.15, 0.2) is 6.33 Å². The number of hydrogen-bond donors (Lipinski definition) is 1. The molecule has 120 valence electrons. The molecule has 0 aromatic carbocycles. The lowest BCUT2D eigenvalue weighted by Gasteiger charge is -2.37. The number of aromatic nitrogens is 2. The first-order valence-electron chi connectivity index (χ1n) is 7.58. The summed E-state index contributed by atoms with van der Waals surface area (Å²) in [7, 11) is 2.02. The summed E-state index contributed by atoms with van der Waals surface area (Å²) in [4.78, 5) is 26.8. The summed E-state index contributed by atoms with van der Waals surface area (Å²) >= 11 is 6.17. The van der Waals surface area contributed by atoms with Gasteiger partial charge in [-0.15, -0.1) is 0 Å². The van der Waals surface area contributed by atoms with E-state index < -0.39 is 0 Å². The molecule has 0 bridgehead atoms. The van der Waals surface area contributed by atoms with Gasteiger partial charge < -0.3 is 15.5 Å². The summed E-state index contributed by atoms with van der Waals surface area (Å²) in [5.74, 6) is 1.19. The maximum absolute atomic E-state index is 12.6. The fourth-order valence-electron chi connectivity index (χ4n) is 3.17. The predicted molar refractivity (Wildman–Crippen MR) is 85.9 cm³/mol. The Morgan fingerprint density at radius 3 is 2.64 bits per heavy atom. The maximum Gasteiger partial charge on any atom is 0.240 e. The number of nitrogens with two attached hydrogens (primary N) is 1. The molecule has 3 heterocycles. The highest BCUT2D eigenvalue weighted by Gasteiger charge is 2.33. The van der Waals surface area contributed by atoms with E-state index in [1.807, 2.05) is 11.9 Å². The van der Waals surface area contributed by atoms with Crippen LogP contribution in [0, 0.1) is 0 Å². The van der Waals surface area contributed by atoms with E-state index in [0.717, 1.165) is 19.4 Å². The smallest absolute Gasteiger partial charge is 0.240 e. The molecule has 2 saturated heterocycles. The molecule has 0 saturated carbocycles. The second kappa shape index (κ2) is 6.26. The van der Waals surface area contributed by atoms with E-state index in [1.54, 1.807) is 0 Å². The highest BCUT2D eigenvalue weighted by molar-refractivity contribution is 6.35. The van der Waals surface area contributed by atoms with Crippen LogP contribution in [0.2, 0.25) is 5.02 Å². The first-order chi connectivity index (χ1) is 10.6. The first-order valence-corrected chi connectivity index (χ1v) is 7.95. The van der Waals surface area contributed by atoms with Crippen LogP contribution in [0.1, 0.15) is 12.8 Å². The molecule has 0 unspecified atom stereocenters. The van der Waals surface area contributed by atoms with Crippen LogP contribution < -0.4 is 10.6 Å². The van der Waals surface area contributed by atoms with Gasteiger partial charge in [-0.3, -0.25) is 9.69 Å². The number of nitrogen functional groups attached to an aromatic ring is 1. The number of rotatable bonds is 2. The van der Waals surface area contributed by atoms with Crippen LogP contribution in [0.3, 0.4) is 0 Å². The Bertz CT molecular complexity index is 560. The molecule has 7 nitrogen and oxygen atoms in total. The standard InChI is InChI=1S/C14H21ClN6O/c1-19-4-2-3-10(19)14(22)21-7-5-20(6-8-21)13-11(15)12(16)17-9-18-13/h9-10H,2-8H2,1H3,(H2,16,17,18)/t10-/m0/s1. The number of likely N-dealkylation sites (N-methyl/N-ethyl adjacent to an activating group) is 1. The third-order valence-corrected chi connectivity index (χ3v) is 4.86. The Labute approximate surface area is 135 Å².